The monoisotopic (exact) mass is 573 g/mol. The normalized spacial score (nSPS) is 16.4. The molecular formula is C30H29Cl2N7O. The SMILES string of the molecule is Cn1ncc2ccc(-c3ccc(N)c4c3CN(CC(C#N)CN3CCN(c5ccc(Cl)c(Cl)c5)CC3)C4=O)cc21. The third kappa shape index (κ3) is 4.86. The number of hydrogen-bond donors (Lipinski definition) is 1. The number of carbonyl (C=O) groups is 1. The molecule has 3 aromatic carbocycles. The van der Waals surface area contributed by atoms with Crippen LogP contribution in [0, 0.1) is 17.2 Å². The number of nitrogens with zero attached hydrogens (tertiary/aromatic N) is 6. The van der Waals surface area contributed by atoms with Gasteiger partial charge >= 0.3 is 0 Å². The van der Waals surface area contributed by atoms with Crippen LogP contribution in [0.4, 0.5) is 11.4 Å². The van der Waals surface area contributed by atoms with Crippen molar-refractivity contribution in [3.05, 3.63) is 75.9 Å². The van der Waals surface area contributed by atoms with Crippen LogP contribution in [0.3, 0.4) is 0 Å². The molecule has 1 atom stereocenters. The summed E-state index contributed by atoms with van der Waals surface area (Å²) in [6.07, 6.45) is 1.84. The summed E-state index contributed by atoms with van der Waals surface area (Å²) in [7, 11) is 1.92. The molecule has 0 bridgehead atoms. The van der Waals surface area contributed by atoms with Gasteiger partial charge in [-0.3, -0.25) is 14.4 Å². The maximum Gasteiger partial charge on any atom is 0.256 e. The maximum absolute atomic E-state index is 13.5. The van der Waals surface area contributed by atoms with E-state index >= 15 is 0 Å². The number of anilines is 2. The van der Waals surface area contributed by atoms with E-state index in [1.54, 1.807) is 11.0 Å². The molecule has 0 aliphatic carbocycles. The largest absolute Gasteiger partial charge is 0.398 e. The van der Waals surface area contributed by atoms with E-state index in [-0.39, 0.29) is 11.8 Å². The summed E-state index contributed by atoms with van der Waals surface area (Å²) < 4.78 is 1.84. The van der Waals surface area contributed by atoms with Gasteiger partial charge < -0.3 is 15.5 Å². The highest BCUT2D eigenvalue weighted by Crippen LogP contribution is 2.37. The predicted molar refractivity (Wildman–Crippen MR) is 160 cm³/mol. The van der Waals surface area contributed by atoms with Crippen molar-refractivity contribution in [1.29, 1.82) is 5.26 Å². The number of piperazine rings is 1. The molecule has 1 aromatic heterocycles. The summed E-state index contributed by atoms with van der Waals surface area (Å²) >= 11 is 12.3. The number of halogens is 2. The van der Waals surface area contributed by atoms with Gasteiger partial charge in [0.2, 0.25) is 0 Å². The molecule has 2 aliphatic heterocycles. The Morgan fingerprint density at radius 1 is 1.02 bits per heavy atom. The summed E-state index contributed by atoms with van der Waals surface area (Å²) in [6, 6.07) is 18.1. The van der Waals surface area contributed by atoms with Crippen LogP contribution >= 0.6 is 23.2 Å². The number of carbonyl (C=O) groups excluding carboxylic acids is 1. The summed E-state index contributed by atoms with van der Waals surface area (Å²) in [6.45, 7) is 4.68. The van der Waals surface area contributed by atoms with Crippen LogP contribution in [-0.4, -0.2) is 64.8 Å². The molecule has 0 radical (unpaired) electrons. The first-order valence-corrected chi connectivity index (χ1v) is 14.0. The zero-order valence-corrected chi connectivity index (χ0v) is 23.7. The average molecular weight is 575 g/mol. The second-order valence-electron chi connectivity index (χ2n) is 10.5. The third-order valence-corrected chi connectivity index (χ3v) is 8.74. The lowest BCUT2D eigenvalue weighted by Gasteiger charge is -2.37. The lowest BCUT2D eigenvalue weighted by Crippen LogP contribution is -2.48. The molecule has 2 N–H and O–H groups in total. The van der Waals surface area contributed by atoms with E-state index in [1.807, 2.05) is 48.3 Å². The number of nitriles is 1. The van der Waals surface area contributed by atoms with Gasteiger partial charge in [0.15, 0.2) is 0 Å². The minimum absolute atomic E-state index is 0.111. The molecule has 10 heteroatoms. The summed E-state index contributed by atoms with van der Waals surface area (Å²) in [5, 5.41) is 16.5. The Balaban J connectivity index is 1.14. The molecule has 1 unspecified atom stereocenters. The van der Waals surface area contributed by atoms with E-state index in [2.05, 4.69) is 33.1 Å². The van der Waals surface area contributed by atoms with Crippen LogP contribution in [0.25, 0.3) is 22.0 Å². The number of benzene rings is 3. The van der Waals surface area contributed by atoms with E-state index in [0.717, 1.165) is 59.5 Å². The lowest BCUT2D eigenvalue weighted by atomic mass is 9.95. The molecule has 4 aromatic rings. The van der Waals surface area contributed by atoms with E-state index in [4.69, 9.17) is 28.9 Å². The van der Waals surface area contributed by atoms with Gasteiger partial charge in [-0.15, -0.1) is 0 Å². The maximum atomic E-state index is 13.5. The van der Waals surface area contributed by atoms with E-state index in [9.17, 15) is 10.1 Å². The fourth-order valence-electron chi connectivity index (χ4n) is 5.82. The van der Waals surface area contributed by atoms with Crippen LogP contribution < -0.4 is 10.6 Å². The summed E-state index contributed by atoms with van der Waals surface area (Å²) in [4.78, 5) is 19.8. The number of amides is 1. The zero-order chi connectivity index (χ0) is 28.0. The molecule has 3 heterocycles. The third-order valence-electron chi connectivity index (χ3n) is 8.00. The number of hydrogen-bond acceptors (Lipinski definition) is 6. The first kappa shape index (κ1) is 26.5. The number of nitrogens with two attached hydrogens (primary N) is 1. The van der Waals surface area contributed by atoms with Gasteiger partial charge in [-0.2, -0.15) is 10.4 Å². The molecule has 8 nitrogen and oxygen atoms in total. The fourth-order valence-corrected chi connectivity index (χ4v) is 6.11. The molecule has 6 rings (SSSR count). The van der Waals surface area contributed by atoms with Gasteiger partial charge in [0.25, 0.3) is 5.91 Å². The Labute approximate surface area is 243 Å². The fraction of sp³-hybridized carbons (Fsp3) is 0.300. The number of nitrogen functional groups attached to an aromatic ring is 1. The van der Waals surface area contributed by atoms with Gasteiger partial charge in [0.1, 0.15) is 0 Å². The van der Waals surface area contributed by atoms with Crippen LogP contribution in [0.5, 0.6) is 0 Å². The Hall–Kier alpha value is -3.77. The number of aryl methyl sites for hydroxylation is 1. The van der Waals surface area contributed by atoms with Crippen molar-refractivity contribution in [2.45, 2.75) is 6.54 Å². The van der Waals surface area contributed by atoms with Crippen molar-refractivity contribution in [3.8, 4) is 17.2 Å². The molecule has 0 saturated carbocycles. The molecule has 40 heavy (non-hydrogen) atoms. The molecule has 1 amide bonds. The predicted octanol–water partition coefficient (Wildman–Crippen LogP) is 5.05. The molecule has 204 valence electrons. The molecule has 1 saturated heterocycles. The van der Waals surface area contributed by atoms with Crippen molar-refractivity contribution in [2.24, 2.45) is 13.0 Å². The average Bonchev–Trinajstić information content (AvgIpc) is 3.50. The summed E-state index contributed by atoms with van der Waals surface area (Å²) in [5.74, 6) is -0.425. The summed E-state index contributed by atoms with van der Waals surface area (Å²) in [5.41, 5.74) is 12.3. The lowest BCUT2D eigenvalue weighted by molar-refractivity contribution is 0.0752. The zero-order valence-electron chi connectivity index (χ0n) is 22.1. The topological polar surface area (TPSA) is 94.4 Å². The number of rotatable bonds is 6. The smallest absolute Gasteiger partial charge is 0.256 e. The quantitative estimate of drug-likeness (QED) is 0.324. The second-order valence-corrected chi connectivity index (χ2v) is 11.3. The Kier molecular flexibility index (Phi) is 7.05. The van der Waals surface area contributed by atoms with Crippen molar-refractivity contribution >= 4 is 51.4 Å². The number of aromatic nitrogens is 2. The van der Waals surface area contributed by atoms with Gasteiger partial charge in [-0.25, -0.2) is 0 Å². The standard InChI is InChI=1S/C30H29Cl2N7O/c1-36-28-12-20(2-3-21(28)15-35-36)23-5-7-27(34)29-24(23)18-39(30(29)40)17-19(14-33)16-37-8-10-38(11-9-37)22-4-6-25(31)26(32)13-22/h2-7,12-13,15,19H,8-11,16-18,34H2,1H3. The Morgan fingerprint density at radius 2 is 1.82 bits per heavy atom. The van der Waals surface area contributed by atoms with Gasteiger partial charge in [0.05, 0.1) is 39.3 Å². The van der Waals surface area contributed by atoms with Crippen LogP contribution in [0.2, 0.25) is 10.0 Å². The van der Waals surface area contributed by atoms with E-state index < -0.39 is 0 Å². The highest BCUT2D eigenvalue weighted by Gasteiger charge is 2.34. The van der Waals surface area contributed by atoms with Crippen molar-refractivity contribution in [3.63, 3.8) is 0 Å². The van der Waals surface area contributed by atoms with E-state index in [0.29, 0.717) is 40.9 Å². The molecular weight excluding hydrogens is 545 g/mol. The molecule has 1 fully saturated rings. The van der Waals surface area contributed by atoms with Gasteiger partial charge in [-0.05, 0) is 47.0 Å². The van der Waals surface area contributed by atoms with Crippen molar-refractivity contribution < 1.29 is 4.79 Å². The van der Waals surface area contributed by atoms with Gasteiger partial charge in [0, 0.05) is 69.6 Å². The van der Waals surface area contributed by atoms with Crippen LogP contribution in [0.15, 0.2) is 54.7 Å². The van der Waals surface area contributed by atoms with Crippen LogP contribution in [-0.2, 0) is 13.6 Å². The van der Waals surface area contributed by atoms with Crippen molar-refractivity contribution in [2.75, 3.05) is 49.9 Å². The van der Waals surface area contributed by atoms with Crippen LogP contribution in [0.1, 0.15) is 15.9 Å². The molecule has 2 aliphatic rings. The Bertz CT molecular complexity index is 1650. The van der Waals surface area contributed by atoms with Crippen molar-refractivity contribution in [1.82, 2.24) is 19.6 Å². The first-order chi connectivity index (χ1) is 19.3. The molecule has 0 spiro atoms. The van der Waals surface area contributed by atoms with E-state index in [1.165, 1.54) is 0 Å². The Morgan fingerprint density at radius 3 is 2.58 bits per heavy atom. The highest BCUT2D eigenvalue weighted by atomic mass is 35.5. The first-order valence-electron chi connectivity index (χ1n) is 13.3. The van der Waals surface area contributed by atoms with Gasteiger partial charge in [-0.1, -0.05) is 41.4 Å². The minimum atomic E-state index is -0.315. The minimum Gasteiger partial charge on any atom is -0.398 e. The highest BCUT2D eigenvalue weighted by molar-refractivity contribution is 6.42. The number of fused-ring (bicyclic) bond motifs is 2. The second kappa shape index (κ2) is 10.7.